The highest BCUT2D eigenvalue weighted by atomic mass is 79.9. The Kier molecular flexibility index (Phi) is 6.58. The highest BCUT2D eigenvalue weighted by Gasteiger charge is 2.44. The van der Waals surface area contributed by atoms with Crippen molar-refractivity contribution in [2.75, 3.05) is 26.2 Å². The van der Waals surface area contributed by atoms with Crippen LogP contribution >= 0.6 is 15.9 Å². The largest absolute Gasteiger partial charge is 0.351 e. The SMILES string of the molecule is CC(C)C(=O)NC1CCCN(C(=O)C2(Cc3cccc(Br)c3)CCNC2)C1. The number of halogens is 1. The van der Waals surface area contributed by atoms with Gasteiger partial charge in [0.1, 0.15) is 0 Å². The van der Waals surface area contributed by atoms with Crippen LogP contribution in [0.1, 0.15) is 38.7 Å². The monoisotopic (exact) mass is 435 g/mol. The molecule has 1 aromatic carbocycles. The molecule has 6 heteroatoms. The molecule has 148 valence electrons. The van der Waals surface area contributed by atoms with Crippen molar-refractivity contribution in [3.63, 3.8) is 0 Å². The Morgan fingerprint density at radius 2 is 2.22 bits per heavy atom. The van der Waals surface area contributed by atoms with E-state index < -0.39 is 0 Å². The molecule has 2 heterocycles. The first-order valence-corrected chi connectivity index (χ1v) is 10.7. The van der Waals surface area contributed by atoms with Gasteiger partial charge in [0.2, 0.25) is 11.8 Å². The normalized spacial score (nSPS) is 25.6. The van der Waals surface area contributed by atoms with E-state index in [9.17, 15) is 9.59 Å². The Bertz CT molecular complexity index is 686. The number of carbonyl (C=O) groups excluding carboxylic acids is 2. The van der Waals surface area contributed by atoms with Gasteiger partial charge in [-0.1, -0.05) is 41.9 Å². The molecule has 3 rings (SSSR count). The quantitative estimate of drug-likeness (QED) is 0.747. The van der Waals surface area contributed by atoms with Crippen molar-refractivity contribution < 1.29 is 9.59 Å². The van der Waals surface area contributed by atoms with Gasteiger partial charge in [0.15, 0.2) is 0 Å². The summed E-state index contributed by atoms with van der Waals surface area (Å²) < 4.78 is 1.04. The summed E-state index contributed by atoms with van der Waals surface area (Å²) in [6.45, 7) is 6.81. The minimum Gasteiger partial charge on any atom is -0.351 e. The highest BCUT2D eigenvalue weighted by molar-refractivity contribution is 9.10. The van der Waals surface area contributed by atoms with Crippen molar-refractivity contribution >= 4 is 27.7 Å². The summed E-state index contributed by atoms with van der Waals surface area (Å²) in [7, 11) is 0. The maximum atomic E-state index is 13.5. The maximum Gasteiger partial charge on any atom is 0.230 e. The highest BCUT2D eigenvalue weighted by Crippen LogP contribution is 2.34. The number of carbonyl (C=O) groups is 2. The van der Waals surface area contributed by atoms with Gasteiger partial charge in [-0.15, -0.1) is 0 Å². The van der Waals surface area contributed by atoms with Crippen LogP contribution in [-0.2, 0) is 16.0 Å². The number of likely N-dealkylation sites (tertiary alicyclic amines) is 1. The number of nitrogens with one attached hydrogen (secondary N) is 2. The van der Waals surface area contributed by atoms with Gasteiger partial charge < -0.3 is 15.5 Å². The molecule has 2 fully saturated rings. The lowest BCUT2D eigenvalue weighted by Gasteiger charge is -2.39. The zero-order chi connectivity index (χ0) is 19.4. The fourth-order valence-electron chi connectivity index (χ4n) is 4.17. The first kappa shape index (κ1) is 20.3. The van der Waals surface area contributed by atoms with E-state index >= 15 is 0 Å². The molecule has 0 aliphatic carbocycles. The Balaban J connectivity index is 1.71. The van der Waals surface area contributed by atoms with Crippen LogP contribution in [0.25, 0.3) is 0 Å². The number of amides is 2. The van der Waals surface area contributed by atoms with E-state index in [0.717, 1.165) is 49.8 Å². The van der Waals surface area contributed by atoms with Crippen LogP contribution in [0.15, 0.2) is 28.7 Å². The molecule has 0 bridgehead atoms. The van der Waals surface area contributed by atoms with Crippen LogP contribution in [0.5, 0.6) is 0 Å². The van der Waals surface area contributed by atoms with Crippen LogP contribution in [0.3, 0.4) is 0 Å². The molecule has 1 aromatic rings. The van der Waals surface area contributed by atoms with Gasteiger partial charge in [-0.05, 0) is 49.9 Å². The van der Waals surface area contributed by atoms with Crippen LogP contribution in [-0.4, -0.2) is 48.9 Å². The second kappa shape index (κ2) is 8.74. The molecule has 2 aliphatic heterocycles. The molecule has 27 heavy (non-hydrogen) atoms. The lowest BCUT2D eigenvalue weighted by molar-refractivity contribution is -0.143. The topological polar surface area (TPSA) is 61.4 Å². The number of hydrogen-bond donors (Lipinski definition) is 2. The molecule has 2 saturated heterocycles. The van der Waals surface area contributed by atoms with Crippen molar-refractivity contribution in [3.05, 3.63) is 34.3 Å². The van der Waals surface area contributed by atoms with Crippen LogP contribution < -0.4 is 10.6 Å². The van der Waals surface area contributed by atoms with Crippen molar-refractivity contribution in [3.8, 4) is 0 Å². The van der Waals surface area contributed by atoms with Crippen molar-refractivity contribution in [1.82, 2.24) is 15.5 Å². The molecule has 0 spiro atoms. The van der Waals surface area contributed by atoms with E-state index in [1.165, 1.54) is 5.56 Å². The minimum atomic E-state index is -0.384. The molecule has 2 unspecified atom stereocenters. The van der Waals surface area contributed by atoms with E-state index in [4.69, 9.17) is 0 Å². The van der Waals surface area contributed by atoms with Gasteiger partial charge >= 0.3 is 0 Å². The number of benzene rings is 1. The van der Waals surface area contributed by atoms with Crippen molar-refractivity contribution in [2.45, 2.75) is 45.6 Å². The van der Waals surface area contributed by atoms with Gasteiger partial charge in [-0.3, -0.25) is 9.59 Å². The fraction of sp³-hybridized carbons (Fsp3) is 0.619. The van der Waals surface area contributed by atoms with Crippen LogP contribution in [0, 0.1) is 11.3 Å². The third-order valence-electron chi connectivity index (χ3n) is 5.71. The van der Waals surface area contributed by atoms with Crippen LogP contribution in [0.2, 0.25) is 0 Å². The molecular weight excluding hydrogens is 406 g/mol. The summed E-state index contributed by atoms with van der Waals surface area (Å²) >= 11 is 3.53. The first-order valence-electron chi connectivity index (χ1n) is 9.94. The van der Waals surface area contributed by atoms with Gasteiger partial charge in [-0.2, -0.15) is 0 Å². The molecule has 2 aliphatic rings. The number of nitrogens with zero attached hydrogens (tertiary/aromatic N) is 1. The lowest BCUT2D eigenvalue weighted by atomic mass is 9.79. The molecule has 0 radical (unpaired) electrons. The second-order valence-electron chi connectivity index (χ2n) is 8.27. The predicted octanol–water partition coefficient (Wildman–Crippen LogP) is 2.73. The smallest absolute Gasteiger partial charge is 0.230 e. The van der Waals surface area contributed by atoms with E-state index in [2.05, 4.69) is 38.7 Å². The van der Waals surface area contributed by atoms with Gasteiger partial charge in [-0.25, -0.2) is 0 Å². The van der Waals surface area contributed by atoms with Crippen LogP contribution in [0.4, 0.5) is 0 Å². The molecule has 2 atom stereocenters. The molecule has 2 N–H and O–H groups in total. The third kappa shape index (κ3) is 4.91. The van der Waals surface area contributed by atoms with E-state index in [1.807, 2.05) is 30.9 Å². The number of hydrogen-bond acceptors (Lipinski definition) is 3. The van der Waals surface area contributed by atoms with Gasteiger partial charge in [0.25, 0.3) is 0 Å². The third-order valence-corrected chi connectivity index (χ3v) is 6.20. The number of rotatable bonds is 5. The number of piperidine rings is 1. The Morgan fingerprint density at radius 1 is 1.41 bits per heavy atom. The summed E-state index contributed by atoms with van der Waals surface area (Å²) in [4.78, 5) is 27.6. The molecule has 2 amide bonds. The van der Waals surface area contributed by atoms with Crippen molar-refractivity contribution in [2.24, 2.45) is 11.3 Å². The minimum absolute atomic E-state index is 0.0296. The van der Waals surface area contributed by atoms with Crippen molar-refractivity contribution in [1.29, 1.82) is 0 Å². The molecule has 0 aromatic heterocycles. The molecule has 5 nitrogen and oxygen atoms in total. The Morgan fingerprint density at radius 3 is 2.89 bits per heavy atom. The Labute approximate surface area is 170 Å². The summed E-state index contributed by atoms with van der Waals surface area (Å²) in [5, 5.41) is 6.51. The maximum absolute atomic E-state index is 13.5. The van der Waals surface area contributed by atoms with E-state index in [-0.39, 0.29) is 29.2 Å². The predicted molar refractivity (Wildman–Crippen MR) is 110 cm³/mol. The molecule has 0 saturated carbocycles. The zero-order valence-electron chi connectivity index (χ0n) is 16.3. The first-order chi connectivity index (χ1) is 12.9. The van der Waals surface area contributed by atoms with Gasteiger partial charge in [0, 0.05) is 36.1 Å². The summed E-state index contributed by atoms with van der Waals surface area (Å²) in [5.41, 5.74) is 0.799. The Hall–Kier alpha value is -1.40. The average molecular weight is 436 g/mol. The van der Waals surface area contributed by atoms with E-state index in [0.29, 0.717) is 6.54 Å². The zero-order valence-corrected chi connectivity index (χ0v) is 17.8. The summed E-state index contributed by atoms with van der Waals surface area (Å²) in [6, 6.07) is 8.31. The standard InChI is InChI=1S/C21H30BrN3O2/c1-15(2)19(26)24-18-7-4-10-25(13-18)20(27)21(8-9-23-14-21)12-16-5-3-6-17(22)11-16/h3,5-6,11,15,18,23H,4,7-10,12-14H2,1-2H3,(H,24,26). The summed E-state index contributed by atoms with van der Waals surface area (Å²) in [5.74, 6) is 0.273. The molecular formula is C21H30BrN3O2. The summed E-state index contributed by atoms with van der Waals surface area (Å²) in [6.07, 6.45) is 3.49. The lowest BCUT2D eigenvalue weighted by Crippen LogP contribution is -2.55. The van der Waals surface area contributed by atoms with Gasteiger partial charge in [0.05, 0.1) is 5.41 Å². The van der Waals surface area contributed by atoms with E-state index in [1.54, 1.807) is 0 Å². The average Bonchev–Trinajstić information content (AvgIpc) is 3.11. The second-order valence-corrected chi connectivity index (χ2v) is 9.18. The fourth-order valence-corrected chi connectivity index (χ4v) is 4.62.